The number of carbonyl (C=O) groups is 1. The Hall–Kier alpha value is -2.27. The van der Waals surface area contributed by atoms with E-state index in [2.05, 4.69) is 4.98 Å². The Morgan fingerprint density at radius 1 is 1.21 bits per heavy atom. The lowest BCUT2D eigenvalue weighted by Crippen LogP contribution is -2.39. The fourth-order valence-corrected chi connectivity index (χ4v) is 3.02. The summed E-state index contributed by atoms with van der Waals surface area (Å²) < 4.78 is 13.0. The van der Waals surface area contributed by atoms with E-state index in [0.29, 0.717) is 31.0 Å². The lowest BCUT2D eigenvalue weighted by molar-refractivity contribution is 0.0650. The molecule has 0 aliphatic carbocycles. The van der Waals surface area contributed by atoms with Gasteiger partial charge in [-0.3, -0.25) is 9.78 Å². The van der Waals surface area contributed by atoms with Crippen LogP contribution in [0.15, 0.2) is 42.6 Å². The zero-order valence-electron chi connectivity index (χ0n) is 13.5. The summed E-state index contributed by atoms with van der Waals surface area (Å²) in [6, 6.07) is 9.85. The van der Waals surface area contributed by atoms with Crippen LogP contribution in [0, 0.1) is 11.7 Å². The first-order chi connectivity index (χ1) is 11.7. The van der Waals surface area contributed by atoms with Crippen LogP contribution < -0.4 is 0 Å². The van der Waals surface area contributed by atoms with Gasteiger partial charge in [-0.1, -0.05) is 12.1 Å². The van der Waals surface area contributed by atoms with Crippen molar-refractivity contribution in [3.8, 4) is 0 Å². The molecule has 1 N–H and O–H groups in total. The van der Waals surface area contributed by atoms with Gasteiger partial charge in [-0.25, -0.2) is 4.39 Å². The fraction of sp³-hybridized carbons (Fsp3) is 0.368. The second-order valence-corrected chi connectivity index (χ2v) is 6.26. The highest BCUT2D eigenvalue weighted by molar-refractivity contribution is 5.94. The topological polar surface area (TPSA) is 53.4 Å². The summed E-state index contributed by atoms with van der Waals surface area (Å²) in [7, 11) is 0. The van der Waals surface area contributed by atoms with E-state index in [4.69, 9.17) is 0 Å². The molecule has 1 aromatic heterocycles. The number of nitrogens with zero attached hydrogens (tertiary/aromatic N) is 2. The van der Waals surface area contributed by atoms with Crippen LogP contribution >= 0.6 is 0 Å². The lowest BCUT2D eigenvalue weighted by Gasteiger charge is -2.31. The molecular weight excluding hydrogens is 307 g/mol. The first-order valence-electron chi connectivity index (χ1n) is 8.25. The largest absolute Gasteiger partial charge is 0.396 e. The molecule has 1 amide bonds. The predicted molar refractivity (Wildman–Crippen MR) is 89.2 cm³/mol. The Balaban J connectivity index is 1.68. The molecule has 4 nitrogen and oxygen atoms in total. The van der Waals surface area contributed by atoms with E-state index in [-0.39, 0.29) is 18.3 Å². The molecular formula is C19H21FN2O2. The molecule has 0 radical (unpaired) electrons. The normalized spacial score (nSPS) is 15.5. The molecule has 0 atom stereocenters. The van der Waals surface area contributed by atoms with Crippen LogP contribution in [-0.2, 0) is 6.42 Å². The molecule has 1 aliphatic rings. The number of halogens is 1. The summed E-state index contributed by atoms with van der Waals surface area (Å²) in [5, 5.41) is 9.19. The van der Waals surface area contributed by atoms with E-state index in [0.717, 1.165) is 24.1 Å². The highest BCUT2D eigenvalue weighted by atomic mass is 19.1. The predicted octanol–water partition coefficient (Wildman–Crippen LogP) is 2.66. The lowest BCUT2D eigenvalue weighted by atomic mass is 9.97. The van der Waals surface area contributed by atoms with Gasteiger partial charge in [0.05, 0.1) is 0 Å². The first kappa shape index (κ1) is 16.6. The maximum atomic E-state index is 13.0. The molecule has 5 heteroatoms. The van der Waals surface area contributed by atoms with Crippen molar-refractivity contribution in [3.63, 3.8) is 0 Å². The van der Waals surface area contributed by atoms with E-state index in [9.17, 15) is 14.3 Å². The van der Waals surface area contributed by atoms with Crippen molar-refractivity contribution >= 4 is 5.91 Å². The molecule has 24 heavy (non-hydrogen) atoms. The number of hydrogen-bond acceptors (Lipinski definition) is 3. The monoisotopic (exact) mass is 328 g/mol. The van der Waals surface area contributed by atoms with Gasteiger partial charge in [-0.05, 0) is 48.6 Å². The number of aliphatic hydroxyl groups excluding tert-OH is 1. The van der Waals surface area contributed by atoms with Gasteiger partial charge in [0, 0.05) is 43.6 Å². The Bertz CT molecular complexity index is 695. The number of aromatic nitrogens is 1. The van der Waals surface area contributed by atoms with Crippen LogP contribution in [0.4, 0.5) is 4.39 Å². The van der Waals surface area contributed by atoms with Gasteiger partial charge in [0.1, 0.15) is 5.82 Å². The molecule has 1 fully saturated rings. The van der Waals surface area contributed by atoms with Crippen molar-refractivity contribution < 1.29 is 14.3 Å². The summed E-state index contributed by atoms with van der Waals surface area (Å²) in [5.74, 6) is 0.0524. The number of rotatable bonds is 4. The fourth-order valence-electron chi connectivity index (χ4n) is 3.02. The van der Waals surface area contributed by atoms with Gasteiger partial charge in [0.25, 0.3) is 5.91 Å². The van der Waals surface area contributed by atoms with Crippen LogP contribution in [0.5, 0.6) is 0 Å². The van der Waals surface area contributed by atoms with Crippen molar-refractivity contribution in [1.29, 1.82) is 0 Å². The van der Waals surface area contributed by atoms with E-state index in [1.807, 2.05) is 11.0 Å². The summed E-state index contributed by atoms with van der Waals surface area (Å²) in [6.45, 7) is 1.55. The number of piperidine rings is 1. The maximum absolute atomic E-state index is 13.0. The minimum absolute atomic E-state index is 0.00847. The second-order valence-electron chi connectivity index (χ2n) is 6.26. The Labute approximate surface area is 141 Å². The molecule has 2 heterocycles. The maximum Gasteiger partial charge on any atom is 0.253 e. The highest BCUT2D eigenvalue weighted by Crippen LogP contribution is 2.19. The van der Waals surface area contributed by atoms with E-state index < -0.39 is 0 Å². The van der Waals surface area contributed by atoms with Crippen LogP contribution in [0.1, 0.15) is 34.5 Å². The van der Waals surface area contributed by atoms with Crippen molar-refractivity contribution in [1.82, 2.24) is 9.88 Å². The van der Waals surface area contributed by atoms with Crippen molar-refractivity contribution in [2.24, 2.45) is 5.92 Å². The summed E-state index contributed by atoms with van der Waals surface area (Å²) in [4.78, 5) is 18.8. The third-order valence-corrected chi connectivity index (χ3v) is 4.52. The molecule has 0 bridgehead atoms. The van der Waals surface area contributed by atoms with Gasteiger partial charge >= 0.3 is 0 Å². The van der Waals surface area contributed by atoms with Crippen molar-refractivity contribution in [2.45, 2.75) is 19.3 Å². The summed E-state index contributed by atoms with van der Waals surface area (Å²) in [6.07, 6.45) is 3.89. The third-order valence-electron chi connectivity index (χ3n) is 4.52. The summed E-state index contributed by atoms with van der Waals surface area (Å²) in [5.41, 5.74) is 2.37. The number of hydrogen-bond donors (Lipinski definition) is 1. The number of aliphatic hydroxyl groups is 1. The number of benzene rings is 1. The number of likely N-dealkylation sites (tertiary alicyclic amines) is 1. The Morgan fingerprint density at radius 2 is 1.92 bits per heavy atom. The van der Waals surface area contributed by atoms with Gasteiger partial charge in [0.15, 0.2) is 0 Å². The van der Waals surface area contributed by atoms with Gasteiger partial charge < -0.3 is 10.0 Å². The SMILES string of the molecule is O=C(c1ccnc(Cc2ccc(F)cc2)c1)N1CCC(CO)CC1. The van der Waals surface area contributed by atoms with Crippen LogP contribution in [0.2, 0.25) is 0 Å². The van der Waals surface area contributed by atoms with E-state index >= 15 is 0 Å². The minimum atomic E-state index is -0.262. The molecule has 0 saturated carbocycles. The zero-order chi connectivity index (χ0) is 16.9. The van der Waals surface area contributed by atoms with Crippen molar-refractivity contribution in [2.75, 3.05) is 19.7 Å². The number of carbonyl (C=O) groups excluding carboxylic acids is 1. The molecule has 1 aliphatic heterocycles. The molecule has 1 aromatic carbocycles. The van der Waals surface area contributed by atoms with Crippen LogP contribution in [-0.4, -0.2) is 40.6 Å². The first-order valence-corrected chi connectivity index (χ1v) is 8.25. The third kappa shape index (κ3) is 3.97. The molecule has 1 saturated heterocycles. The van der Waals surface area contributed by atoms with Gasteiger partial charge in [0.2, 0.25) is 0 Å². The molecule has 126 valence electrons. The number of pyridine rings is 1. The van der Waals surface area contributed by atoms with Gasteiger partial charge in [-0.2, -0.15) is 0 Å². The van der Waals surface area contributed by atoms with E-state index in [1.54, 1.807) is 24.4 Å². The minimum Gasteiger partial charge on any atom is -0.396 e. The molecule has 3 rings (SSSR count). The average Bonchev–Trinajstić information content (AvgIpc) is 2.63. The van der Waals surface area contributed by atoms with Crippen LogP contribution in [0.25, 0.3) is 0 Å². The molecule has 0 unspecified atom stereocenters. The Kier molecular flexibility index (Phi) is 5.20. The molecule has 0 spiro atoms. The second kappa shape index (κ2) is 7.53. The number of amides is 1. The molecule has 2 aromatic rings. The highest BCUT2D eigenvalue weighted by Gasteiger charge is 2.23. The van der Waals surface area contributed by atoms with Crippen LogP contribution in [0.3, 0.4) is 0 Å². The standard InChI is InChI=1S/C19H21FN2O2/c20-17-3-1-14(2-4-17)11-18-12-16(5-8-21-18)19(24)22-9-6-15(13-23)7-10-22/h1-5,8,12,15,23H,6-7,9-11,13H2. The quantitative estimate of drug-likeness (QED) is 0.939. The Morgan fingerprint density at radius 3 is 2.58 bits per heavy atom. The van der Waals surface area contributed by atoms with E-state index in [1.165, 1.54) is 12.1 Å². The zero-order valence-corrected chi connectivity index (χ0v) is 13.5. The summed E-state index contributed by atoms with van der Waals surface area (Å²) >= 11 is 0. The average molecular weight is 328 g/mol. The van der Waals surface area contributed by atoms with Gasteiger partial charge in [-0.15, -0.1) is 0 Å². The van der Waals surface area contributed by atoms with Crippen molar-refractivity contribution in [3.05, 3.63) is 65.2 Å². The smallest absolute Gasteiger partial charge is 0.253 e.